The molecule has 4 heteroatoms. The van der Waals surface area contributed by atoms with Crippen molar-refractivity contribution < 1.29 is 0 Å². The van der Waals surface area contributed by atoms with Gasteiger partial charge in [0, 0.05) is 33.3 Å². The van der Waals surface area contributed by atoms with Crippen molar-refractivity contribution >= 4 is 61.1 Å². The number of halogens is 1. The fourth-order valence-electron chi connectivity index (χ4n) is 5.31. The van der Waals surface area contributed by atoms with Crippen LogP contribution in [0.5, 0.6) is 0 Å². The number of para-hydroxylation sites is 4. The van der Waals surface area contributed by atoms with Crippen molar-refractivity contribution in [2.24, 2.45) is 0 Å². The number of benzene rings is 5. The zero-order valence-electron chi connectivity index (χ0n) is 18.2. The Labute approximate surface area is 201 Å². The van der Waals surface area contributed by atoms with E-state index in [0.717, 1.165) is 17.1 Å². The van der Waals surface area contributed by atoms with Crippen molar-refractivity contribution in [2.75, 3.05) is 4.84 Å². The first-order chi connectivity index (χ1) is 16.8. The van der Waals surface area contributed by atoms with E-state index in [1.54, 1.807) is 0 Å². The van der Waals surface area contributed by atoms with E-state index < -0.39 is 0 Å². The summed E-state index contributed by atoms with van der Waals surface area (Å²) in [6.07, 6.45) is 0. The van der Waals surface area contributed by atoms with Crippen molar-refractivity contribution in [1.82, 2.24) is 9.13 Å². The van der Waals surface area contributed by atoms with Gasteiger partial charge in [0.05, 0.1) is 39.1 Å². The first kappa shape index (κ1) is 19.3. The monoisotopic (exact) mass is 457 g/mol. The minimum absolute atomic E-state index is 0.845. The summed E-state index contributed by atoms with van der Waals surface area (Å²) in [7, 11) is 0. The Hall–Kier alpha value is -4.21. The Morgan fingerprint density at radius 2 is 0.765 bits per heavy atom. The SMILES string of the molecule is ClNc1cc(-n2c3ccccc3c3ccccc32)cc(-n2c3ccccc3c3ccccc32)c1. The van der Waals surface area contributed by atoms with Gasteiger partial charge in [-0.1, -0.05) is 72.8 Å². The van der Waals surface area contributed by atoms with E-state index in [1.807, 2.05) is 0 Å². The molecule has 1 N–H and O–H groups in total. The minimum atomic E-state index is 0.845. The lowest BCUT2D eigenvalue weighted by Gasteiger charge is -2.15. The lowest BCUT2D eigenvalue weighted by molar-refractivity contribution is 1.14. The first-order valence-electron chi connectivity index (χ1n) is 11.3. The average Bonchev–Trinajstić information content (AvgIpc) is 3.42. The van der Waals surface area contributed by atoms with E-state index in [1.165, 1.54) is 43.6 Å². The van der Waals surface area contributed by atoms with E-state index >= 15 is 0 Å². The highest BCUT2D eigenvalue weighted by Gasteiger charge is 2.16. The van der Waals surface area contributed by atoms with E-state index in [2.05, 4.69) is 129 Å². The molecule has 0 aliphatic carbocycles. The molecule has 0 amide bonds. The van der Waals surface area contributed by atoms with Crippen molar-refractivity contribution in [1.29, 1.82) is 0 Å². The van der Waals surface area contributed by atoms with Gasteiger partial charge in [0.2, 0.25) is 0 Å². The van der Waals surface area contributed by atoms with Gasteiger partial charge < -0.3 is 9.13 Å². The second kappa shape index (κ2) is 7.41. The summed E-state index contributed by atoms with van der Waals surface area (Å²) in [6.45, 7) is 0. The Kier molecular flexibility index (Phi) is 4.20. The number of fused-ring (bicyclic) bond motifs is 6. The van der Waals surface area contributed by atoms with Gasteiger partial charge in [-0.3, -0.25) is 4.84 Å². The van der Waals surface area contributed by atoms with Gasteiger partial charge in [-0.15, -0.1) is 0 Å². The molecule has 0 spiro atoms. The summed E-state index contributed by atoms with van der Waals surface area (Å²) < 4.78 is 4.64. The largest absolute Gasteiger partial charge is 0.309 e. The van der Waals surface area contributed by atoms with E-state index in [9.17, 15) is 0 Å². The quantitative estimate of drug-likeness (QED) is 0.264. The summed E-state index contributed by atoms with van der Waals surface area (Å²) in [5.74, 6) is 0. The van der Waals surface area contributed by atoms with Crippen molar-refractivity contribution in [3.05, 3.63) is 115 Å². The van der Waals surface area contributed by atoms with Crippen LogP contribution in [0.3, 0.4) is 0 Å². The zero-order valence-corrected chi connectivity index (χ0v) is 19.0. The molecule has 0 fully saturated rings. The molecule has 2 heterocycles. The van der Waals surface area contributed by atoms with E-state index in [0.29, 0.717) is 0 Å². The third-order valence-corrected chi connectivity index (χ3v) is 6.91. The molecule has 7 aromatic rings. The fourth-order valence-corrected chi connectivity index (χ4v) is 5.42. The van der Waals surface area contributed by atoms with E-state index in [4.69, 9.17) is 11.8 Å². The molecule has 0 aliphatic rings. The van der Waals surface area contributed by atoms with Crippen LogP contribution in [0, 0.1) is 0 Å². The predicted molar refractivity (Wildman–Crippen MR) is 145 cm³/mol. The van der Waals surface area contributed by atoms with Gasteiger partial charge in [-0.05, 0) is 42.5 Å². The lowest BCUT2D eigenvalue weighted by Crippen LogP contribution is -2.00. The molecule has 0 atom stereocenters. The van der Waals surface area contributed by atoms with Gasteiger partial charge in [-0.2, -0.15) is 0 Å². The van der Waals surface area contributed by atoms with Crippen LogP contribution in [0.4, 0.5) is 5.69 Å². The Morgan fingerprint density at radius 1 is 0.441 bits per heavy atom. The van der Waals surface area contributed by atoms with Crippen LogP contribution < -0.4 is 4.84 Å². The summed E-state index contributed by atoms with van der Waals surface area (Å²) in [6, 6.07) is 40.7. The van der Waals surface area contributed by atoms with Crippen LogP contribution in [0.25, 0.3) is 55.0 Å². The minimum Gasteiger partial charge on any atom is -0.309 e. The van der Waals surface area contributed by atoms with Crippen LogP contribution in [-0.2, 0) is 0 Å². The normalized spacial score (nSPS) is 11.7. The number of hydrogen-bond acceptors (Lipinski definition) is 1. The van der Waals surface area contributed by atoms with Crippen LogP contribution >= 0.6 is 11.8 Å². The molecule has 3 nitrogen and oxygen atoms in total. The van der Waals surface area contributed by atoms with Gasteiger partial charge >= 0.3 is 0 Å². The van der Waals surface area contributed by atoms with Crippen LogP contribution in [0.15, 0.2) is 115 Å². The molecular formula is C30H20ClN3. The highest BCUT2D eigenvalue weighted by molar-refractivity contribution is 6.24. The van der Waals surface area contributed by atoms with Crippen molar-refractivity contribution in [3.8, 4) is 11.4 Å². The molecule has 0 unspecified atom stereocenters. The van der Waals surface area contributed by atoms with E-state index in [-0.39, 0.29) is 0 Å². The van der Waals surface area contributed by atoms with Crippen molar-refractivity contribution in [2.45, 2.75) is 0 Å². The Morgan fingerprint density at radius 3 is 1.09 bits per heavy atom. The zero-order chi connectivity index (χ0) is 22.6. The van der Waals surface area contributed by atoms with Crippen LogP contribution in [-0.4, -0.2) is 9.13 Å². The molecule has 2 aromatic heterocycles. The number of aromatic nitrogens is 2. The van der Waals surface area contributed by atoms with Gasteiger partial charge in [0.15, 0.2) is 0 Å². The first-order valence-corrected chi connectivity index (χ1v) is 11.7. The molecule has 7 rings (SSSR count). The van der Waals surface area contributed by atoms with Crippen LogP contribution in [0.1, 0.15) is 0 Å². The maximum atomic E-state index is 6.20. The molecule has 0 bridgehead atoms. The molecule has 0 radical (unpaired) electrons. The lowest BCUT2D eigenvalue weighted by atomic mass is 10.2. The summed E-state index contributed by atoms with van der Waals surface area (Å²) in [4.78, 5) is 2.87. The number of nitrogens with one attached hydrogen (secondary N) is 1. The maximum absolute atomic E-state index is 6.20. The second-order valence-corrected chi connectivity index (χ2v) is 8.76. The number of anilines is 1. The van der Waals surface area contributed by atoms with Gasteiger partial charge in [0.25, 0.3) is 0 Å². The molecule has 0 aliphatic heterocycles. The van der Waals surface area contributed by atoms with Crippen molar-refractivity contribution in [3.63, 3.8) is 0 Å². The highest BCUT2D eigenvalue weighted by Crippen LogP contribution is 2.36. The van der Waals surface area contributed by atoms with Gasteiger partial charge in [0.1, 0.15) is 0 Å². The topological polar surface area (TPSA) is 21.9 Å². The Bertz CT molecular complexity index is 1620. The number of rotatable bonds is 3. The highest BCUT2D eigenvalue weighted by atomic mass is 35.5. The molecule has 162 valence electrons. The maximum Gasteiger partial charge on any atom is 0.0541 e. The molecule has 34 heavy (non-hydrogen) atoms. The van der Waals surface area contributed by atoms with Gasteiger partial charge in [-0.25, -0.2) is 0 Å². The number of nitrogens with zero attached hydrogens (tertiary/aromatic N) is 2. The smallest absolute Gasteiger partial charge is 0.0541 e. The molecule has 5 aromatic carbocycles. The molecule has 0 saturated carbocycles. The fraction of sp³-hybridized carbons (Fsp3) is 0. The predicted octanol–water partition coefficient (Wildman–Crippen LogP) is 8.45. The summed E-state index contributed by atoms with van der Waals surface area (Å²) in [5, 5.41) is 4.95. The Balaban J connectivity index is 1.59. The second-order valence-electron chi connectivity index (χ2n) is 8.57. The average molecular weight is 458 g/mol. The summed E-state index contributed by atoms with van der Waals surface area (Å²) in [5.41, 5.74) is 7.64. The molecular weight excluding hydrogens is 438 g/mol. The molecule has 0 saturated heterocycles. The standard InChI is InChI=1S/C30H20ClN3/c31-32-20-17-21(33-27-13-5-1-9-23(27)24-10-2-6-14-28(24)33)19-22(18-20)34-29-15-7-3-11-25(29)26-12-4-8-16-30(26)34/h1-19,32H. The number of hydrogen-bond donors (Lipinski definition) is 1. The summed E-state index contributed by atoms with van der Waals surface area (Å²) >= 11 is 6.20. The third kappa shape index (κ3) is 2.71. The third-order valence-electron chi connectivity index (χ3n) is 6.69. The van der Waals surface area contributed by atoms with Crippen LogP contribution in [0.2, 0.25) is 0 Å².